The second-order valence-corrected chi connectivity index (χ2v) is 8.93. The summed E-state index contributed by atoms with van der Waals surface area (Å²) >= 11 is 5.95. The second-order valence-electron chi connectivity index (χ2n) is 8.49. The van der Waals surface area contributed by atoms with Crippen molar-refractivity contribution in [3.63, 3.8) is 0 Å². The van der Waals surface area contributed by atoms with Crippen molar-refractivity contribution in [2.45, 2.75) is 31.8 Å². The summed E-state index contributed by atoms with van der Waals surface area (Å²) in [4.78, 5) is 26.0. The summed E-state index contributed by atoms with van der Waals surface area (Å²) in [5.74, 6) is 1.31. The monoisotopic (exact) mass is 421 g/mol. The first-order valence-electron chi connectivity index (χ1n) is 10.1. The van der Waals surface area contributed by atoms with Crippen LogP contribution in [0.4, 0.5) is 5.82 Å². The lowest BCUT2D eigenvalue weighted by molar-refractivity contribution is 0.0465. The molecule has 8 nitrogen and oxygen atoms in total. The molecule has 1 saturated heterocycles. The van der Waals surface area contributed by atoms with E-state index in [9.17, 15) is 4.79 Å². The van der Waals surface area contributed by atoms with Crippen LogP contribution in [0.5, 0.6) is 0 Å². The summed E-state index contributed by atoms with van der Waals surface area (Å²) in [6.45, 7) is 2.66. The van der Waals surface area contributed by atoms with Gasteiger partial charge in [0.25, 0.3) is 5.91 Å². The quantitative estimate of drug-likeness (QED) is 0.696. The summed E-state index contributed by atoms with van der Waals surface area (Å²) < 4.78 is 0. The molecule has 3 aliphatic rings. The van der Waals surface area contributed by atoms with E-state index in [1.165, 1.54) is 11.2 Å². The van der Waals surface area contributed by atoms with E-state index >= 15 is 0 Å². The number of hydrogen-bond donors (Lipinski definition) is 1. The van der Waals surface area contributed by atoms with Crippen LogP contribution in [0.25, 0.3) is 5.69 Å². The minimum atomic E-state index is -0.0573. The van der Waals surface area contributed by atoms with Crippen molar-refractivity contribution in [3.05, 3.63) is 59.3 Å². The number of amides is 1. The van der Waals surface area contributed by atoms with Gasteiger partial charge in [-0.05, 0) is 55.4 Å². The fourth-order valence-corrected chi connectivity index (χ4v) is 5.47. The van der Waals surface area contributed by atoms with Crippen LogP contribution in [-0.2, 0) is 0 Å². The number of piperidine rings is 1. The van der Waals surface area contributed by atoms with E-state index in [2.05, 4.69) is 25.5 Å². The van der Waals surface area contributed by atoms with E-state index in [4.69, 9.17) is 11.6 Å². The van der Waals surface area contributed by atoms with Crippen LogP contribution in [-0.4, -0.2) is 54.4 Å². The van der Waals surface area contributed by atoms with Gasteiger partial charge in [-0.25, -0.2) is 9.97 Å². The number of carbonyl (C=O) groups excluding carboxylic acids is 1. The maximum atomic E-state index is 13.6. The lowest BCUT2D eigenvalue weighted by Crippen LogP contribution is -2.60. The number of nitrogens with one attached hydrogen (secondary N) is 1. The number of anilines is 1. The van der Waals surface area contributed by atoms with Gasteiger partial charge in [-0.1, -0.05) is 11.6 Å². The molecular weight excluding hydrogens is 402 g/mol. The van der Waals surface area contributed by atoms with Gasteiger partial charge < -0.3 is 10.2 Å². The molecule has 2 aliphatic carbocycles. The van der Waals surface area contributed by atoms with Crippen LogP contribution in [0, 0.1) is 18.3 Å². The van der Waals surface area contributed by atoms with Gasteiger partial charge in [-0.3, -0.25) is 4.79 Å². The van der Waals surface area contributed by atoms with E-state index in [0.29, 0.717) is 22.3 Å². The molecule has 1 amide bonds. The predicted molar refractivity (Wildman–Crippen MR) is 111 cm³/mol. The normalized spacial score (nSPS) is 28.5. The molecule has 4 atom stereocenters. The fourth-order valence-electron chi connectivity index (χ4n) is 5.35. The number of rotatable bonds is 4. The first-order valence-corrected chi connectivity index (χ1v) is 10.5. The highest BCUT2D eigenvalue weighted by atomic mass is 35.5. The number of hydrogen-bond acceptors (Lipinski definition) is 6. The smallest absolute Gasteiger partial charge is 0.275 e. The highest BCUT2D eigenvalue weighted by Crippen LogP contribution is 2.71. The topological polar surface area (TPSA) is 88.8 Å². The number of aromatic nitrogens is 5. The molecule has 1 spiro atoms. The zero-order valence-electron chi connectivity index (χ0n) is 16.4. The summed E-state index contributed by atoms with van der Waals surface area (Å²) in [5.41, 5.74) is 2.06. The predicted octanol–water partition coefficient (Wildman–Crippen LogP) is 2.73. The Morgan fingerprint density at radius 3 is 2.80 bits per heavy atom. The van der Waals surface area contributed by atoms with Crippen LogP contribution in [0.3, 0.4) is 0 Å². The van der Waals surface area contributed by atoms with E-state index in [1.54, 1.807) is 18.6 Å². The van der Waals surface area contributed by atoms with Crippen molar-refractivity contribution in [1.82, 2.24) is 29.9 Å². The molecule has 1 aliphatic heterocycles. The Kier molecular flexibility index (Phi) is 3.71. The maximum Gasteiger partial charge on any atom is 0.275 e. The summed E-state index contributed by atoms with van der Waals surface area (Å²) in [7, 11) is 0. The van der Waals surface area contributed by atoms with Crippen LogP contribution < -0.4 is 5.32 Å². The minimum absolute atomic E-state index is 0.0573. The Labute approximate surface area is 178 Å². The molecule has 1 N–H and O–H groups in total. The number of likely N-dealkylation sites (tertiary alicyclic amines) is 1. The van der Waals surface area contributed by atoms with Crippen molar-refractivity contribution < 1.29 is 4.79 Å². The van der Waals surface area contributed by atoms with Gasteiger partial charge in [0.2, 0.25) is 0 Å². The molecule has 0 bridgehead atoms. The zero-order chi connectivity index (χ0) is 20.5. The van der Waals surface area contributed by atoms with Gasteiger partial charge >= 0.3 is 0 Å². The van der Waals surface area contributed by atoms with Crippen molar-refractivity contribution >= 4 is 23.3 Å². The molecular formula is C21H20ClN7O. The third-order valence-electron chi connectivity index (χ3n) is 6.77. The highest BCUT2D eigenvalue weighted by Gasteiger charge is 2.75. The molecule has 4 heterocycles. The van der Waals surface area contributed by atoms with Crippen LogP contribution >= 0.6 is 11.6 Å². The van der Waals surface area contributed by atoms with Gasteiger partial charge in [0, 0.05) is 24.5 Å². The van der Waals surface area contributed by atoms with Crippen molar-refractivity contribution in [2.75, 3.05) is 11.9 Å². The van der Waals surface area contributed by atoms with E-state index in [0.717, 1.165) is 24.5 Å². The highest BCUT2D eigenvalue weighted by molar-refractivity contribution is 6.30. The third kappa shape index (κ3) is 2.56. The van der Waals surface area contributed by atoms with Crippen molar-refractivity contribution in [1.29, 1.82) is 0 Å². The lowest BCUT2D eigenvalue weighted by Gasteiger charge is -2.48. The number of halogens is 1. The molecule has 30 heavy (non-hydrogen) atoms. The molecule has 9 heteroatoms. The summed E-state index contributed by atoms with van der Waals surface area (Å²) in [5, 5.41) is 12.5. The summed E-state index contributed by atoms with van der Waals surface area (Å²) in [6.07, 6.45) is 7.09. The number of nitrogens with zero attached hydrogens (tertiary/aromatic N) is 6. The number of pyridine rings is 2. The Bertz CT molecular complexity index is 1130. The Hall–Kier alpha value is -3.00. The standard InChI is InChI=1S/C21H20ClN7O/c1-12-2-4-16(29-24-6-7-25-29)18(26-12)20(30)28-11-13-8-21(13)9-15(19(21)28)27-17-5-3-14(22)10-23-17/h2-7,10,13,15,19H,8-9,11H2,1H3,(H,23,27). The average molecular weight is 422 g/mol. The van der Waals surface area contributed by atoms with Crippen LogP contribution in [0.1, 0.15) is 29.0 Å². The van der Waals surface area contributed by atoms with Crippen molar-refractivity contribution in [2.24, 2.45) is 11.3 Å². The Morgan fingerprint density at radius 1 is 1.20 bits per heavy atom. The fraction of sp³-hybridized carbons (Fsp3) is 0.381. The van der Waals surface area contributed by atoms with E-state index in [-0.39, 0.29) is 23.4 Å². The largest absolute Gasteiger partial charge is 0.365 e. The van der Waals surface area contributed by atoms with Crippen LogP contribution in [0.2, 0.25) is 5.02 Å². The average Bonchev–Trinajstić information content (AvgIpc) is 3.10. The second kappa shape index (κ2) is 6.25. The molecule has 0 aromatic carbocycles. The molecule has 6 rings (SSSR count). The van der Waals surface area contributed by atoms with Gasteiger partial charge in [-0.2, -0.15) is 10.2 Å². The Morgan fingerprint density at radius 2 is 2.03 bits per heavy atom. The molecule has 3 aromatic rings. The molecule has 3 fully saturated rings. The first-order chi connectivity index (χ1) is 14.5. The van der Waals surface area contributed by atoms with Gasteiger partial charge in [-0.15, -0.1) is 4.80 Å². The Balaban J connectivity index is 1.30. The minimum Gasteiger partial charge on any atom is -0.365 e. The zero-order valence-corrected chi connectivity index (χ0v) is 17.1. The lowest BCUT2D eigenvalue weighted by atomic mass is 9.71. The van der Waals surface area contributed by atoms with Crippen LogP contribution in [0.15, 0.2) is 42.9 Å². The SMILES string of the molecule is Cc1ccc(-n2nccn2)c(C(=O)N2CC3CC34CC(Nc3ccc(Cl)cn3)C24)n1. The van der Waals surface area contributed by atoms with E-state index < -0.39 is 0 Å². The first kappa shape index (κ1) is 17.8. The maximum absolute atomic E-state index is 13.6. The number of carbonyl (C=O) groups is 1. The van der Waals surface area contributed by atoms with Crippen molar-refractivity contribution in [3.8, 4) is 5.69 Å². The van der Waals surface area contributed by atoms with Gasteiger partial charge in [0.1, 0.15) is 11.5 Å². The molecule has 0 radical (unpaired) electrons. The molecule has 152 valence electrons. The molecule has 4 unspecified atom stereocenters. The van der Waals surface area contributed by atoms with Gasteiger partial charge in [0.05, 0.1) is 23.5 Å². The molecule has 3 aromatic heterocycles. The van der Waals surface area contributed by atoms with E-state index in [1.807, 2.05) is 36.1 Å². The van der Waals surface area contributed by atoms with Gasteiger partial charge in [0.15, 0.2) is 5.69 Å². The summed E-state index contributed by atoms with van der Waals surface area (Å²) in [6, 6.07) is 7.75. The molecule has 2 saturated carbocycles. The number of aryl methyl sites for hydroxylation is 1. The third-order valence-corrected chi connectivity index (χ3v) is 7.00.